The summed E-state index contributed by atoms with van der Waals surface area (Å²) < 4.78 is 5.31. The van der Waals surface area contributed by atoms with E-state index in [1.165, 1.54) is 13.2 Å². The highest BCUT2D eigenvalue weighted by atomic mass is 35.5. The van der Waals surface area contributed by atoms with Crippen molar-refractivity contribution in [3.8, 4) is 0 Å². The molecule has 3 amide bonds. The highest BCUT2D eigenvalue weighted by Crippen LogP contribution is 2.32. The molecule has 0 unspecified atom stereocenters. The van der Waals surface area contributed by atoms with Gasteiger partial charge in [-0.15, -0.1) is 0 Å². The lowest BCUT2D eigenvalue weighted by Gasteiger charge is -2.13. The molecule has 156 valence electrons. The quantitative estimate of drug-likeness (QED) is 0.564. The summed E-state index contributed by atoms with van der Waals surface area (Å²) >= 11 is 5.99. The molecule has 2 heterocycles. The Morgan fingerprint density at radius 1 is 0.968 bits per heavy atom. The number of hydrogen-bond acceptors (Lipinski definition) is 5. The van der Waals surface area contributed by atoms with Gasteiger partial charge in [-0.05, 0) is 54.1 Å². The first kappa shape index (κ1) is 20.4. The molecule has 31 heavy (non-hydrogen) atoms. The Morgan fingerprint density at radius 3 is 2.26 bits per heavy atom. The number of hydrogen-bond donors (Lipinski definition) is 2. The molecule has 8 heteroatoms. The van der Waals surface area contributed by atoms with E-state index in [1.54, 1.807) is 60.7 Å². The molecule has 0 saturated carbocycles. The largest absolute Gasteiger partial charge is 0.467 e. The van der Waals surface area contributed by atoms with E-state index in [0.29, 0.717) is 27.7 Å². The van der Waals surface area contributed by atoms with Crippen molar-refractivity contribution in [2.24, 2.45) is 0 Å². The summed E-state index contributed by atoms with van der Waals surface area (Å²) in [7, 11) is 0. The van der Waals surface area contributed by atoms with E-state index in [4.69, 9.17) is 16.0 Å². The molecule has 2 aromatic carbocycles. The highest BCUT2D eigenvalue weighted by Gasteiger charge is 2.39. The number of halogens is 1. The van der Waals surface area contributed by atoms with Crippen LogP contribution in [0.4, 0.5) is 11.4 Å². The maximum Gasteiger partial charge on any atom is 0.278 e. The minimum Gasteiger partial charge on any atom is -0.467 e. The molecule has 0 spiro atoms. The van der Waals surface area contributed by atoms with Crippen molar-refractivity contribution >= 4 is 46.3 Å². The minimum atomic E-state index is -0.461. The molecule has 0 saturated heterocycles. The number of nitrogens with zero attached hydrogens (tertiary/aromatic N) is 1. The maximum atomic E-state index is 13.2. The number of amides is 3. The summed E-state index contributed by atoms with van der Waals surface area (Å²) in [6, 6.07) is 16.9. The molecule has 1 aromatic heterocycles. The fraction of sp³-hybridized carbons (Fsp3) is 0.0870. The van der Waals surface area contributed by atoms with E-state index in [-0.39, 0.29) is 23.7 Å². The third kappa shape index (κ3) is 4.36. The van der Waals surface area contributed by atoms with Gasteiger partial charge >= 0.3 is 0 Å². The average molecular weight is 436 g/mol. The van der Waals surface area contributed by atoms with Crippen molar-refractivity contribution in [2.45, 2.75) is 13.5 Å². The van der Waals surface area contributed by atoms with Gasteiger partial charge in [0.1, 0.15) is 11.5 Å². The summed E-state index contributed by atoms with van der Waals surface area (Å²) in [6.07, 6.45) is 1.49. The maximum absolute atomic E-state index is 13.2. The molecular weight excluding hydrogens is 418 g/mol. The van der Waals surface area contributed by atoms with Crippen molar-refractivity contribution in [1.29, 1.82) is 0 Å². The van der Waals surface area contributed by atoms with E-state index in [2.05, 4.69) is 10.6 Å². The molecule has 4 rings (SSSR count). The van der Waals surface area contributed by atoms with Gasteiger partial charge in [-0.1, -0.05) is 23.7 Å². The number of anilines is 2. The van der Waals surface area contributed by atoms with Crippen LogP contribution in [0.15, 0.2) is 77.0 Å². The Kier molecular flexibility index (Phi) is 5.60. The molecule has 1 aliphatic heterocycles. The van der Waals surface area contributed by atoms with E-state index >= 15 is 0 Å². The van der Waals surface area contributed by atoms with E-state index in [9.17, 15) is 14.4 Å². The van der Waals surface area contributed by atoms with Crippen molar-refractivity contribution in [3.05, 3.63) is 89.0 Å². The number of carbonyl (C=O) groups is 3. The van der Waals surface area contributed by atoms with Crippen LogP contribution in [0.25, 0.3) is 5.57 Å². The van der Waals surface area contributed by atoms with E-state index < -0.39 is 11.8 Å². The van der Waals surface area contributed by atoms with Gasteiger partial charge in [0.25, 0.3) is 11.8 Å². The predicted octanol–water partition coefficient (Wildman–Crippen LogP) is 4.28. The molecule has 0 radical (unpaired) electrons. The number of carbonyl (C=O) groups excluding carboxylic acids is 3. The van der Waals surface area contributed by atoms with Gasteiger partial charge in [0.15, 0.2) is 0 Å². The summed E-state index contributed by atoms with van der Waals surface area (Å²) in [4.78, 5) is 38.7. The fourth-order valence-corrected chi connectivity index (χ4v) is 3.39. The Morgan fingerprint density at radius 2 is 1.65 bits per heavy atom. The van der Waals surface area contributed by atoms with Gasteiger partial charge in [-0.25, -0.2) is 0 Å². The van der Waals surface area contributed by atoms with E-state index in [1.807, 2.05) is 0 Å². The van der Waals surface area contributed by atoms with Gasteiger partial charge in [0.05, 0.1) is 18.4 Å². The Bertz CT molecular complexity index is 1170. The zero-order valence-electron chi connectivity index (χ0n) is 16.5. The molecule has 0 atom stereocenters. The molecule has 3 aromatic rings. The molecule has 1 aliphatic rings. The highest BCUT2D eigenvalue weighted by molar-refractivity contribution is 6.36. The van der Waals surface area contributed by atoms with Crippen LogP contribution >= 0.6 is 11.6 Å². The van der Waals surface area contributed by atoms with Crippen LogP contribution in [0.3, 0.4) is 0 Å². The molecule has 7 nitrogen and oxygen atoms in total. The normalized spacial score (nSPS) is 13.7. The van der Waals surface area contributed by atoms with E-state index in [0.717, 1.165) is 4.90 Å². The molecule has 0 bridgehead atoms. The standard InChI is InChI=1S/C23H18ClN3O4/c1-14(28)25-17-8-10-18(11-9-17)26-21-20(15-4-6-16(24)7-5-15)22(29)27(23(21)30)13-19-3-2-12-31-19/h2-12,26H,13H2,1H3,(H,25,28). The third-order valence-electron chi connectivity index (χ3n) is 4.67. The van der Waals surface area contributed by atoms with Crippen LogP contribution in [0.1, 0.15) is 18.2 Å². The van der Waals surface area contributed by atoms with Crippen molar-refractivity contribution < 1.29 is 18.8 Å². The van der Waals surface area contributed by atoms with Crippen LogP contribution in [0.5, 0.6) is 0 Å². The molecule has 0 fully saturated rings. The van der Waals surface area contributed by atoms with Gasteiger partial charge in [0.2, 0.25) is 5.91 Å². The van der Waals surface area contributed by atoms with Crippen LogP contribution in [-0.2, 0) is 20.9 Å². The third-order valence-corrected chi connectivity index (χ3v) is 4.92. The number of imide groups is 1. The van der Waals surface area contributed by atoms with Crippen molar-refractivity contribution in [2.75, 3.05) is 10.6 Å². The monoisotopic (exact) mass is 435 g/mol. The summed E-state index contributed by atoms with van der Waals surface area (Å²) in [5, 5.41) is 6.27. The molecule has 0 aliphatic carbocycles. The minimum absolute atomic E-state index is 0.0222. The second kappa shape index (κ2) is 8.49. The van der Waals surface area contributed by atoms with Gasteiger partial charge in [-0.3, -0.25) is 19.3 Å². The lowest BCUT2D eigenvalue weighted by molar-refractivity contribution is -0.137. The van der Waals surface area contributed by atoms with Crippen LogP contribution < -0.4 is 10.6 Å². The number of benzene rings is 2. The summed E-state index contributed by atoms with van der Waals surface area (Å²) in [6.45, 7) is 1.44. The van der Waals surface area contributed by atoms with Crippen LogP contribution in [0.2, 0.25) is 5.02 Å². The number of nitrogens with one attached hydrogen (secondary N) is 2. The van der Waals surface area contributed by atoms with Gasteiger partial charge < -0.3 is 15.1 Å². The number of rotatable bonds is 6. The van der Waals surface area contributed by atoms with Crippen LogP contribution in [0, 0.1) is 0 Å². The topological polar surface area (TPSA) is 91.7 Å². The number of furan rings is 1. The average Bonchev–Trinajstić information content (AvgIpc) is 3.33. The van der Waals surface area contributed by atoms with Crippen molar-refractivity contribution in [3.63, 3.8) is 0 Å². The first-order valence-electron chi connectivity index (χ1n) is 9.46. The zero-order chi connectivity index (χ0) is 22.0. The van der Waals surface area contributed by atoms with Gasteiger partial charge in [-0.2, -0.15) is 0 Å². The lowest BCUT2D eigenvalue weighted by atomic mass is 10.0. The lowest BCUT2D eigenvalue weighted by Crippen LogP contribution is -2.31. The smallest absolute Gasteiger partial charge is 0.278 e. The Hall–Kier alpha value is -3.84. The first-order valence-corrected chi connectivity index (χ1v) is 9.83. The molecular formula is C23H18ClN3O4. The SMILES string of the molecule is CC(=O)Nc1ccc(NC2=C(c3ccc(Cl)cc3)C(=O)N(Cc3ccco3)C2=O)cc1. The Labute approximate surface area is 183 Å². The predicted molar refractivity (Wildman–Crippen MR) is 117 cm³/mol. The summed E-state index contributed by atoms with van der Waals surface area (Å²) in [5.41, 5.74) is 2.20. The Balaban J connectivity index is 1.68. The second-order valence-corrected chi connectivity index (χ2v) is 7.35. The van der Waals surface area contributed by atoms with Gasteiger partial charge in [0, 0.05) is 23.3 Å². The van der Waals surface area contributed by atoms with Crippen LogP contribution in [-0.4, -0.2) is 22.6 Å². The second-order valence-electron chi connectivity index (χ2n) is 6.92. The zero-order valence-corrected chi connectivity index (χ0v) is 17.3. The first-order chi connectivity index (χ1) is 14.9. The fourth-order valence-electron chi connectivity index (χ4n) is 3.26. The molecule has 2 N–H and O–H groups in total. The van der Waals surface area contributed by atoms with Crippen molar-refractivity contribution in [1.82, 2.24) is 4.90 Å². The summed E-state index contributed by atoms with van der Waals surface area (Å²) in [5.74, 6) is -0.574.